The van der Waals surface area contributed by atoms with Gasteiger partial charge in [0.15, 0.2) is 0 Å². The molecule has 1 fully saturated rings. The van der Waals surface area contributed by atoms with Crippen molar-refractivity contribution in [3.63, 3.8) is 0 Å². The van der Waals surface area contributed by atoms with Crippen LogP contribution in [-0.4, -0.2) is 28.1 Å². The molecule has 0 radical (unpaired) electrons. The van der Waals surface area contributed by atoms with E-state index in [1.54, 1.807) is 5.38 Å². The number of aliphatic hydroxyl groups is 1. The van der Waals surface area contributed by atoms with Gasteiger partial charge >= 0.3 is 0 Å². The number of thiazole rings is 1. The van der Waals surface area contributed by atoms with E-state index in [-0.39, 0.29) is 23.9 Å². The molecule has 0 saturated heterocycles. The van der Waals surface area contributed by atoms with E-state index in [9.17, 15) is 9.90 Å². The molecule has 1 aliphatic carbocycles. The topological polar surface area (TPSA) is 88.2 Å². The lowest BCUT2D eigenvalue weighted by Gasteiger charge is -2.40. The fourth-order valence-electron chi connectivity index (χ4n) is 2.51. The Morgan fingerprint density at radius 2 is 2.10 bits per heavy atom. The van der Waals surface area contributed by atoms with E-state index in [1.165, 1.54) is 11.3 Å². The Morgan fingerprint density at radius 3 is 2.62 bits per heavy atom. The lowest BCUT2D eigenvalue weighted by atomic mass is 9.71. The van der Waals surface area contributed by atoms with Gasteiger partial charge in [-0.1, -0.05) is 13.8 Å². The van der Waals surface area contributed by atoms with E-state index in [4.69, 9.17) is 5.73 Å². The molecule has 0 aromatic carbocycles. The highest BCUT2D eigenvalue weighted by molar-refractivity contribution is 7.09. The maximum absolute atomic E-state index is 12.1. The minimum absolute atomic E-state index is 0.165. The normalized spacial score (nSPS) is 21.8. The summed E-state index contributed by atoms with van der Waals surface area (Å²) >= 11 is 1.39. The summed E-state index contributed by atoms with van der Waals surface area (Å²) in [6.45, 7) is 6.56. The van der Waals surface area contributed by atoms with Crippen LogP contribution in [0.15, 0.2) is 5.38 Å². The summed E-state index contributed by atoms with van der Waals surface area (Å²) in [5.41, 5.74) is 5.62. The van der Waals surface area contributed by atoms with Crippen LogP contribution in [0.2, 0.25) is 0 Å². The third-order valence-corrected chi connectivity index (χ3v) is 5.30. The first-order valence-corrected chi connectivity index (χ1v) is 8.30. The van der Waals surface area contributed by atoms with Crippen LogP contribution in [0.3, 0.4) is 0 Å². The average molecular weight is 311 g/mol. The number of hydrogen-bond donors (Lipinski definition) is 3. The number of nitrogens with zero attached hydrogens (tertiary/aromatic N) is 1. The first-order chi connectivity index (χ1) is 9.71. The Kier molecular flexibility index (Phi) is 4.70. The molecule has 1 aliphatic rings. The quantitative estimate of drug-likeness (QED) is 0.795. The zero-order chi connectivity index (χ0) is 15.7. The third kappa shape index (κ3) is 4.25. The first-order valence-electron chi connectivity index (χ1n) is 7.42. The Morgan fingerprint density at radius 1 is 1.48 bits per heavy atom. The van der Waals surface area contributed by atoms with Crippen molar-refractivity contribution < 1.29 is 9.90 Å². The number of nitrogens with two attached hydrogens (primary N) is 1. The number of hydrogen-bond acceptors (Lipinski definition) is 5. The smallest absolute Gasteiger partial charge is 0.270 e. The molecule has 1 aromatic rings. The number of aromatic nitrogens is 1. The number of rotatable bonds is 4. The Bertz CT molecular complexity index is 501. The van der Waals surface area contributed by atoms with Crippen LogP contribution < -0.4 is 11.1 Å². The molecule has 1 atom stereocenters. The van der Waals surface area contributed by atoms with Crippen molar-refractivity contribution in [3.8, 4) is 0 Å². The molecule has 1 amide bonds. The van der Waals surface area contributed by atoms with Crippen LogP contribution in [0.5, 0.6) is 0 Å². The fourth-order valence-corrected chi connectivity index (χ4v) is 3.26. The maximum Gasteiger partial charge on any atom is 0.270 e. The Hall–Kier alpha value is -0.980. The highest BCUT2D eigenvalue weighted by Gasteiger charge is 2.36. The van der Waals surface area contributed by atoms with Crippen molar-refractivity contribution in [1.29, 1.82) is 0 Å². The minimum Gasteiger partial charge on any atom is -0.388 e. The Labute approximate surface area is 130 Å². The molecule has 1 heterocycles. The van der Waals surface area contributed by atoms with Gasteiger partial charge in [-0.15, -0.1) is 11.3 Å². The lowest BCUT2D eigenvalue weighted by Crippen LogP contribution is -2.46. The van der Waals surface area contributed by atoms with Crippen LogP contribution in [-0.2, 0) is 0 Å². The summed E-state index contributed by atoms with van der Waals surface area (Å²) in [5, 5.41) is 15.8. The summed E-state index contributed by atoms with van der Waals surface area (Å²) in [4.78, 5) is 16.3. The lowest BCUT2D eigenvalue weighted by molar-refractivity contribution is -0.0233. The average Bonchev–Trinajstić information content (AvgIpc) is 2.90. The number of carbonyl (C=O) groups excluding carboxylic acids is 1. The molecule has 21 heavy (non-hydrogen) atoms. The van der Waals surface area contributed by atoms with E-state index < -0.39 is 5.60 Å². The van der Waals surface area contributed by atoms with E-state index in [2.05, 4.69) is 24.1 Å². The number of carbonyl (C=O) groups is 1. The van der Waals surface area contributed by atoms with Gasteiger partial charge in [-0.05, 0) is 38.0 Å². The standard InChI is InChI=1S/C15H25N3O2S/c1-10(16)13-18-11(8-21-13)12(19)17-9-15(20)6-4-14(2,3)5-7-15/h8,10,20H,4-7,9,16H2,1-3H3,(H,17,19). The molecule has 5 nitrogen and oxygen atoms in total. The van der Waals surface area contributed by atoms with E-state index in [1.807, 2.05) is 6.92 Å². The van der Waals surface area contributed by atoms with Crippen molar-refractivity contribution in [2.24, 2.45) is 11.1 Å². The van der Waals surface area contributed by atoms with Crippen LogP contribution in [0.4, 0.5) is 0 Å². The van der Waals surface area contributed by atoms with Crippen LogP contribution in [0.25, 0.3) is 0 Å². The van der Waals surface area contributed by atoms with Crippen molar-refractivity contribution in [3.05, 3.63) is 16.1 Å². The van der Waals surface area contributed by atoms with Crippen molar-refractivity contribution in [2.45, 2.75) is 58.1 Å². The van der Waals surface area contributed by atoms with Gasteiger partial charge in [0.1, 0.15) is 10.7 Å². The van der Waals surface area contributed by atoms with Gasteiger partial charge in [0.2, 0.25) is 0 Å². The van der Waals surface area contributed by atoms with Gasteiger partial charge in [0.25, 0.3) is 5.91 Å². The Balaban J connectivity index is 1.89. The maximum atomic E-state index is 12.1. The van der Waals surface area contributed by atoms with Crippen LogP contribution >= 0.6 is 11.3 Å². The zero-order valence-electron chi connectivity index (χ0n) is 13.0. The van der Waals surface area contributed by atoms with Gasteiger partial charge in [-0.2, -0.15) is 0 Å². The van der Waals surface area contributed by atoms with Gasteiger partial charge in [-0.25, -0.2) is 4.98 Å². The van der Waals surface area contributed by atoms with Gasteiger partial charge < -0.3 is 16.2 Å². The van der Waals surface area contributed by atoms with Gasteiger partial charge in [-0.3, -0.25) is 4.79 Å². The molecule has 1 aromatic heterocycles. The van der Waals surface area contributed by atoms with Crippen molar-refractivity contribution in [1.82, 2.24) is 10.3 Å². The largest absolute Gasteiger partial charge is 0.388 e. The summed E-state index contributed by atoms with van der Waals surface area (Å²) in [6, 6.07) is -0.165. The second-order valence-corrected chi connectivity index (χ2v) is 7.82. The third-order valence-electron chi connectivity index (χ3n) is 4.26. The molecule has 0 spiro atoms. The van der Waals surface area contributed by atoms with Gasteiger partial charge in [0.05, 0.1) is 11.6 Å². The second kappa shape index (κ2) is 6.02. The zero-order valence-corrected chi connectivity index (χ0v) is 13.8. The second-order valence-electron chi connectivity index (χ2n) is 6.93. The van der Waals surface area contributed by atoms with Gasteiger partial charge in [0, 0.05) is 11.9 Å². The molecule has 6 heteroatoms. The predicted octanol–water partition coefficient (Wildman–Crippen LogP) is 2.22. The summed E-state index contributed by atoms with van der Waals surface area (Å²) in [7, 11) is 0. The summed E-state index contributed by atoms with van der Waals surface area (Å²) in [6.07, 6.45) is 3.40. The van der Waals surface area contributed by atoms with Crippen LogP contribution in [0, 0.1) is 5.41 Å². The first kappa shape index (κ1) is 16.4. The summed E-state index contributed by atoms with van der Waals surface area (Å²) in [5.74, 6) is -0.239. The van der Waals surface area contributed by atoms with Crippen molar-refractivity contribution in [2.75, 3.05) is 6.54 Å². The summed E-state index contributed by atoms with van der Waals surface area (Å²) < 4.78 is 0. The molecule has 2 rings (SSSR count). The monoisotopic (exact) mass is 311 g/mol. The number of nitrogens with one attached hydrogen (secondary N) is 1. The van der Waals surface area contributed by atoms with Crippen molar-refractivity contribution >= 4 is 17.2 Å². The minimum atomic E-state index is -0.787. The molecule has 0 aliphatic heterocycles. The van der Waals surface area contributed by atoms with Crippen LogP contribution in [0.1, 0.15) is 68.0 Å². The van der Waals surface area contributed by atoms with E-state index >= 15 is 0 Å². The molecule has 1 unspecified atom stereocenters. The molecule has 118 valence electrons. The molecule has 0 bridgehead atoms. The molecular weight excluding hydrogens is 286 g/mol. The fraction of sp³-hybridized carbons (Fsp3) is 0.733. The highest BCUT2D eigenvalue weighted by atomic mass is 32.1. The molecular formula is C15H25N3O2S. The predicted molar refractivity (Wildman–Crippen MR) is 84.2 cm³/mol. The molecule has 1 saturated carbocycles. The number of amides is 1. The van der Waals surface area contributed by atoms with E-state index in [0.717, 1.165) is 30.7 Å². The highest BCUT2D eigenvalue weighted by Crippen LogP contribution is 2.39. The van der Waals surface area contributed by atoms with E-state index in [0.29, 0.717) is 5.69 Å². The SMILES string of the molecule is CC(N)c1nc(C(=O)NCC2(O)CCC(C)(C)CC2)cs1. The molecule has 4 N–H and O–H groups in total.